The minimum Gasteiger partial charge on any atom is -0.456 e. The summed E-state index contributed by atoms with van der Waals surface area (Å²) in [5.41, 5.74) is 8.62. The molecule has 4 heterocycles. The fourth-order valence-electron chi connectivity index (χ4n) is 6.87. The maximum absolute atomic E-state index is 9.43. The minimum absolute atomic E-state index is 0.566. The number of furan rings is 1. The Balaban J connectivity index is 1.17. The number of nitriles is 1. The summed E-state index contributed by atoms with van der Waals surface area (Å²) in [5.74, 6) is 1.78. The lowest BCUT2D eigenvalue weighted by molar-refractivity contribution is 0.669. The number of pyridine rings is 1. The molecule has 0 amide bonds. The lowest BCUT2D eigenvalue weighted by atomic mass is 9.95. The Morgan fingerprint density at radius 2 is 1.10 bits per heavy atom. The Morgan fingerprint density at radius 1 is 0.462 bits per heavy atom. The fraction of sp³-hybridized carbons (Fsp3) is 0. The molecule has 0 fully saturated rings. The lowest BCUT2D eigenvalue weighted by Gasteiger charge is -2.12. The summed E-state index contributed by atoms with van der Waals surface area (Å²) in [5, 5.41) is 13.9. The molecule has 0 radical (unpaired) electrons. The molecular formula is C45H25N5OS. The van der Waals surface area contributed by atoms with Crippen molar-refractivity contribution < 1.29 is 4.42 Å². The predicted octanol–water partition coefficient (Wildman–Crippen LogP) is 11.7. The van der Waals surface area contributed by atoms with Gasteiger partial charge in [-0.15, -0.1) is 11.3 Å². The van der Waals surface area contributed by atoms with E-state index in [0.29, 0.717) is 28.6 Å². The second kappa shape index (κ2) is 12.1. The molecule has 0 aliphatic carbocycles. The van der Waals surface area contributed by atoms with Crippen molar-refractivity contribution in [3.63, 3.8) is 0 Å². The molecule has 0 aliphatic heterocycles. The van der Waals surface area contributed by atoms with Gasteiger partial charge in [0.15, 0.2) is 17.5 Å². The van der Waals surface area contributed by atoms with E-state index in [-0.39, 0.29) is 0 Å². The predicted molar refractivity (Wildman–Crippen MR) is 210 cm³/mol. The van der Waals surface area contributed by atoms with Crippen LogP contribution in [0.1, 0.15) is 5.56 Å². The Hall–Kier alpha value is -7.01. The topological polar surface area (TPSA) is 88.5 Å². The highest BCUT2D eigenvalue weighted by Crippen LogP contribution is 2.38. The molecule has 10 aromatic rings. The van der Waals surface area contributed by atoms with Crippen LogP contribution in [0.4, 0.5) is 0 Å². The van der Waals surface area contributed by atoms with Crippen molar-refractivity contribution in [3.05, 3.63) is 157 Å². The van der Waals surface area contributed by atoms with Gasteiger partial charge < -0.3 is 4.42 Å². The van der Waals surface area contributed by atoms with Crippen LogP contribution in [-0.2, 0) is 0 Å². The Kier molecular flexibility index (Phi) is 6.95. The quantitative estimate of drug-likeness (QED) is 0.179. The highest BCUT2D eigenvalue weighted by Gasteiger charge is 2.17. The second-order valence-electron chi connectivity index (χ2n) is 12.7. The third kappa shape index (κ3) is 5.18. The number of nitrogens with zero attached hydrogens (tertiary/aromatic N) is 5. The number of fused-ring (bicyclic) bond motifs is 6. The molecule has 0 aliphatic rings. The summed E-state index contributed by atoms with van der Waals surface area (Å²) < 4.78 is 8.71. The molecule has 6 aromatic carbocycles. The molecule has 0 unspecified atom stereocenters. The first-order valence-electron chi connectivity index (χ1n) is 16.8. The van der Waals surface area contributed by atoms with Crippen molar-refractivity contribution >= 4 is 53.4 Å². The third-order valence-electron chi connectivity index (χ3n) is 9.43. The fourth-order valence-corrected chi connectivity index (χ4v) is 8.01. The normalized spacial score (nSPS) is 11.4. The number of aromatic nitrogens is 4. The van der Waals surface area contributed by atoms with Gasteiger partial charge in [-0.1, -0.05) is 72.8 Å². The maximum Gasteiger partial charge on any atom is 0.164 e. The van der Waals surface area contributed by atoms with Gasteiger partial charge in [0, 0.05) is 65.6 Å². The van der Waals surface area contributed by atoms with Crippen LogP contribution in [0.5, 0.6) is 0 Å². The van der Waals surface area contributed by atoms with E-state index in [1.54, 1.807) is 23.6 Å². The average molecular weight is 684 g/mol. The number of hydrogen-bond acceptors (Lipinski definition) is 7. The first kappa shape index (κ1) is 29.9. The van der Waals surface area contributed by atoms with Crippen molar-refractivity contribution in [1.82, 2.24) is 19.9 Å². The summed E-state index contributed by atoms with van der Waals surface area (Å²) >= 11 is 1.78. The third-order valence-corrected chi connectivity index (χ3v) is 10.6. The first-order chi connectivity index (χ1) is 25.7. The van der Waals surface area contributed by atoms with Crippen molar-refractivity contribution in [1.29, 1.82) is 5.26 Å². The van der Waals surface area contributed by atoms with Gasteiger partial charge in [-0.2, -0.15) is 5.26 Å². The molecule has 10 rings (SSSR count). The summed E-state index contributed by atoms with van der Waals surface area (Å²) in [4.78, 5) is 19.7. The van der Waals surface area contributed by atoms with Gasteiger partial charge in [0.05, 0.1) is 11.6 Å². The lowest BCUT2D eigenvalue weighted by Crippen LogP contribution is -2.00. The molecule has 6 nitrogen and oxygen atoms in total. The van der Waals surface area contributed by atoms with E-state index in [1.165, 1.54) is 20.2 Å². The molecule has 7 heteroatoms. The molecule has 242 valence electrons. The van der Waals surface area contributed by atoms with E-state index >= 15 is 0 Å². The Labute approximate surface area is 302 Å². The second-order valence-corrected chi connectivity index (χ2v) is 13.7. The molecule has 52 heavy (non-hydrogen) atoms. The van der Waals surface area contributed by atoms with Crippen LogP contribution in [0.3, 0.4) is 0 Å². The summed E-state index contributed by atoms with van der Waals surface area (Å²) in [6.45, 7) is 0. The zero-order valence-corrected chi connectivity index (χ0v) is 28.3. The first-order valence-corrected chi connectivity index (χ1v) is 17.6. The van der Waals surface area contributed by atoms with E-state index in [0.717, 1.165) is 55.3 Å². The molecule has 0 N–H and O–H groups in total. The van der Waals surface area contributed by atoms with Gasteiger partial charge >= 0.3 is 0 Å². The summed E-state index contributed by atoms with van der Waals surface area (Å²) in [6.07, 6.45) is 3.64. The Bertz CT molecular complexity index is 3030. The largest absolute Gasteiger partial charge is 0.456 e. The number of thiophene rings is 1. The molecule has 0 saturated carbocycles. The average Bonchev–Trinajstić information content (AvgIpc) is 3.78. The van der Waals surface area contributed by atoms with Crippen molar-refractivity contribution in [2.45, 2.75) is 0 Å². The molecular weight excluding hydrogens is 659 g/mol. The Morgan fingerprint density at radius 3 is 1.90 bits per heavy atom. The van der Waals surface area contributed by atoms with Gasteiger partial charge in [0.2, 0.25) is 0 Å². The van der Waals surface area contributed by atoms with E-state index in [1.807, 2.05) is 54.7 Å². The number of benzene rings is 6. The SMILES string of the molecule is N#Cc1ccc2c(c1)oc1cc(-c3cc(-c4cccnc4)cc(-c4nc(-c5ccccc5)nc(-c5ccc6c(c5)sc5ccccc56)n4)c3)ccc12. The molecule has 0 atom stereocenters. The van der Waals surface area contributed by atoms with Gasteiger partial charge in [-0.3, -0.25) is 4.98 Å². The number of rotatable bonds is 5. The van der Waals surface area contributed by atoms with Crippen molar-refractivity contribution in [2.24, 2.45) is 0 Å². The summed E-state index contributed by atoms with van der Waals surface area (Å²) in [7, 11) is 0. The van der Waals surface area contributed by atoms with E-state index < -0.39 is 0 Å². The van der Waals surface area contributed by atoms with Crippen LogP contribution >= 0.6 is 11.3 Å². The van der Waals surface area contributed by atoms with Crippen LogP contribution < -0.4 is 0 Å². The van der Waals surface area contributed by atoms with Crippen LogP contribution in [0.2, 0.25) is 0 Å². The monoisotopic (exact) mass is 683 g/mol. The van der Waals surface area contributed by atoms with E-state index in [9.17, 15) is 5.26 Å². The van der Waals surface area contributed by atoms with Gasteiger partial charge in [-0.25, -0.2) is 15.0 Å². The zero-order valence-electron chi connectivity index (χ0n) is 27.5. The minimum atomic E-state index is 0.566. The summed E-state index contributed by atoms with van der Waals surface area (Å²) in [6, 6.07) is 49.4. The highest BCUT2D eigenvalue weighted by atomic mass is 32.1. The molecule has 0 bridgehead atoms. The highest BCUT2D eigenvalue weighted by molar-refractivity contribution is 7.25. The van der Waals surface area contributed by atoms with Crippen LogP contribution in [0, 0.1) is 11.3 Å². The standard InChI is InChI=1S/C45H25N5OS/c46-25-27-12-15-35-36-16-13-29(23-40(36)51-39(35)19-27)32-20-33(31-9-6-18-47-26-31)22-34(21-32)45-49-43(28-7-2-1-3-8-28)48-44(50-45)30-14-17-38-37-10-4-5-11-41(37)52-42(38)24-30/h1-24,26H. The van der Waals surface area contributed by atoms with Gasteiger partial charge in [-0.05, 0) is 83.4 Å². The van der Waals surface area contributed by atoms with Crippen molar-refractivity contribution in [2.75, 3.05) is 0 Å². The van der Waals surface area contributed by atoms with Gasteiger partial charge in [0.25, 0.3) is 0 Å². The maximum atomic E-state index is 9.43. The zero-order chi connectivity index (χ0) is 34.6. The van der Waals surface area contributed by atoms with Gasteiger partial charge in [0.1, 0.15) is 11.2 Å². The van der Waals surface area contributed by atoms with Crippen LogP contribution in [0.25, 0.3) is 98.5 Å². The molecule has 0 saturated heterocycles. The van der Waals surface area contributed by atoms with Crippen molar-refractivity contribution in [3.8, 4) is 62.5 Å². The molecule has 4 aromatic heterocycles. The van der Waals surface area contributed by atoms with Crippen LogP contribution in [0.15, 0.2) is 156 Å². The molecule has 0 spiro atoms. The van der Waals surface area contributed by atoms with Crippen LogP contribution in [-0.4, -0.2) is 19.9 Å². The number of hydrogen-bond donors (Lipinski definition) is 0. The van der Waals surface area contributed by atoms with E-state index in [4.69, 9.17) is 19.4 Å². The smallest absolute Gasteiger partial charge is 0.164 e. The van der Waals surface area contributed by atoms with E-state index in [2.05, 4.69) is 96.0 Å².